The standard InChI is InChI=1S/C12H13NO2/c1-12(2)6-10(14)9-5-8(7-13)3-4-11(9)15-12/h3-5,10,14H,6H2,1-2H3/t10-/m1/s1. The number of nitrogens with zero attached hydrogens (tertiary/aromatic N) is 1. The van der Waals surface area contributed by atoms with Gasteiger partial charge in [-0.25, -0.2) is 0 Å². The van der Waals surface area contributed by atoms with Crippen molar-refractivity contribution >= 4 is 0 Å². The van der Waals surface area contributed by atoms with Crippen LogP contribution in [-0.4, -0.2) is 10.7 Å². The summed E-state index contributed by atoms with van der Waals surface area (Å²) in [6.07, 6.45) is 0.00608. The first-order valence-corrected chi connectivity index (χ1v) is 4.93. The number of aliphatic hydroxyl groups excluding tert-OH is 1. The van der Waals surface area contributed by atoms with Crippen LogP contribution in [0.4, 0.5) is 0 Å². The number of nitriles is 1. The lowest BCUT2D eigenvalue weighted by atomic mass is 9.91. The number of hydrogen-bond donors (Lipinski definition) is 1. The Hall–Kier alpha value is -1.53. The highest BCUT2D eigenvalue weighted by Gasteiger charge is 2.32. The minimum atomic E-state index is -0.544. The molecule has 1 N–H and O–H groups in total. The van der Waals surface area contributed by atoms with E-state index in [1.54, 1.807) is 18.2 Å². The Bertz CT molecular complexity index is 432. The van der Waals surface area contributed by atoms with E-state index in [1.165, 1.54) is 0 Å². The molecule has 0 saturated carbocycles. The lowest BCUT2D eigenvalue weighted by Crippen LogP contribution is -2.34. The molecule has 1 heterocycles. The third-order valence-electron chi connectivity index (χ3n) is 2.57. The third kappa shape index (κ3) is 1.81. The van der Waals surface area contributed by atoms with Crippen LogP contribution in [0.25, 0.3) is 0 Å². The summed E-state index contributed by atoms with van der Waals surface area (Å²) in [4.78, 5) is 0. The minimum absolute atomic E-state index is 0.347. The van der Waals surface area contributed by atoms with Crippen molar-refractivity contribution in [1.82, 2.24) is 0 Å². The fourth-order valence-electron chi connectivity index (χ4n) is 1.89. The van der Waals surface area contributed by atoms with E-state index in [0.717, 1.165) is 0 Å². The van der Waals surface area contributed by atoms with Gasteiger partial charge in [0, 0.05) is 12.0 Å². The van der Waals surface area contributed by atoms with Crippen molar-refractivity contribution in [2.75, 3.05) is 0 Å². The molecular weight excluding hydrogens is 190 g/mol. The van der Waals surface area contributed by atoms with Gasteiger partial charge in [-0.05, 0) is 32.0 Å². The monoisotopic (exact) mass is 203 g/mol. The van der Waals surface area contributed by atoms with E-state index in [9.17, 15) is 5.11 Å². The fraction of sp³-hybridized carbons (Fsp3) is 0.417. The van der Waals surface area contributed by atoms with E-state index in [0.29, 0.717) is 23.3 Å². The van der Waals surface area contributed by atoms with Crippen molar-refractivity contribution in [2.24, 2.45) is 0 Å². The molecule has 0 fully saturated rings. The molecule has 3 heteroatoms. The third-order valence-corrected chi connectivity index (χ3v) is 2.57. The van der Waals surface area contributed by atoms with E-state index >= 15 is 0 Å². The summed E-state index contributed by atoms with van der Waals surface area (Å²) in [6.45, 7) is 3.88. The number of hydrogen-bond acceptors (Lipinski definition) is 3. The first-order chi connectivity index (χ1) is 7.02. The van der Waals surface area contributed by atoms with Crippen LogP contribution in [0.3, 0.4) is 0 Å². The molecule has 1 aromatic rings. The van der Waals surface area contributed by atoms with Crippen LogP contribution in [0.15, 0.2) is 18.2 Å². The number of rotatable bonds is 0. The number of fused-ring (bicyclic) bond motifs is 1. The van der Waals surface area contributed by atoms with Crippen molar-refractivity contribution in [3.05, 3.63) is 29.3 Å². The maximum absolute atomic E-state index is 9.93. The fourth-order valence-corrected chi connectivity index (χ4v) is 1.89. The van der Waals surface area contributed by atoms with Crippen molar-refractivity contribution in [2.45, 2.75) is 32.0 Å². The van der Waals surface area contributed by atoms with Crippen molar-refractivity contribution in [3.8, 4) is 11.8 Å². The smallest absolute Gasteiger partial charge is 0.126 e. The van der Waals surface area contributed by atoms with Crippen molar-refractivity contribution in [3.63, 3.8) is 0 Å². The molecule has 1 aromatic carbocycles. The molecule has 0 unspecified atom stereocenters. The Morgan fingerprint density at radius 3 is 2.93 bits per heavy atom. The Balaban J connectivity index is 2.47. The summed E-state index contributed by atoms with van der Waals surface area (Å²) in [6, 6.07) is 7.19. The summed E-state index contributed by atoms with van der Waals surface area (Å²) in [5, 5.41) is 18.7. The van der Waals surface area contributed by atoms with Gasteiger partial charge in [0.1, 0.15) is 11.4 Å². The summed E-state index contributed by atoms with van der Waals surface area (Å²) in [7, 11) is 0. The molecule has 0 aromatic heterocycles. The lowest BCUT2D eigenvalue weighted by molar-refractivity contribution is 0.0115. The molecule has 78 valence electrons. The zero-order chi connectivity index (χ0) is 11.1. The molecule has 0 amide bonds. The van der Waals surface area contributed by atoms with Gasteiger partial charge in [0.15, 0.2) is 0 Å². The Morgan fingerprint density at radius 2 is 2.27 bits per heavy atom. The van der Waals surface area contributed by atoms with Gasteiger partial charge in [-0.15, -0.1) is 0 Å². The van der Waals surface area contributed by atoms with Gasteiger partial charge in [-0.3, -0.25) is 0 Å². The summed E-state index contributed by atoms with van der Waals surface area (Å²) in [5.41, 5.74) is 0.921. The molecule has 0 bridgehead atoms. The van der Waals surface area contributed by atoms with Crippen LogP contribution < -0.4 is 4.74 Å². The second kappa shape index (κ2) is 3.25. The normalized spacial score (nSPS) is 22.4. The average molecular weight is 203 g/mol. The molecule has 0 aliphatic carbocycles. The van der Waals surface area contributed by atoms with Gasteiger partial charge in [0.2, 0.25) is 0 Å². The van der Waals surface area contributed by atoms with Crippen LogP contribution >= 0.6 is 0 Å². The molecule has 1 atom stereocenters. The predicted octanol–water partition coefficient (Wildman–Crippen LogP) is 2.15. The molecule has 1 aliphatic heterocycles. The zero-order valence-electron chi connectivity index (χ0n) is 8.82. The van der Waals surface area contributed by atoms with Crippen LogP contribution in [0.2, 0.25) is 0 Å². The van der Waals surface area contributed by atoms with Gasteiger partial charge in [0.05, 0.1) is 17.7 Å². The highest BCUT2D eigenvalue weighted by atomic mass is 16.5. The number of benzene rings is 1. The summed E-state index contributed by atoms with van der Waals surface area (Å²) < 4.78 is 5.72. The highest BCUT2D eigenvalue weighted by Crippen LogP contribution is 2.39. The maximum atomic E-state index is 9.93. The van der Waals surface area contributed by atoms with Gasteiger partial charge < -0.3 is 9.84 Å². The molecule has 0 saturated heterocycles. The number of ether oxygens (including phenoxy) is 1. The molecule has 0 spiro atoms. The minimum Gasteiger partial charge on any atom is -0.487 e. The first kappa shape index (κ1) is 10.0. The number of aliphatic hydroxyl groups is 1. The summed E-state index contributed by atoms with van der Waals surface area (Å²) in [5.74, 6) is 0.678. The maximum Gasteiger partial charge on any atom is 0.126 e. The van der Waals surface area contributed by atoms with Gasteiger partial charge in [-0.2, -0.15) is 5.26 Å². The average Bonchev–Trinajstić information content (AvgIpc) is 2.15. The second-order valence-electron chi connectivity index (χ2n) is 4.45. The predicted molar refractivity (Wildman–Crippen MR) is 55.4 cm³/mol. The molecule has 15 heavy (non-hydrogen) atoms. The van der Waals surface area contributed by atoms with Gasteiger partial charge in [-0.1, -0.05) is 0 Å². The van der Waals surface area contributed by atoms with Crippen LogP contribution in [0, 0.1) is 11.3 Å². The Labute approximate surface area is 88.9 Å². The van der Waals surface area contributed by atoms with E-state index in [1.807, 2.05) is 13.8 Å². The molecule has 2 rings (SSSR count). The molecule has 3 nitrogen and oxygen atoms in total. The largest absolute Gasteiger partial charge is 0.487 e. The Morgan fingerprint density at radius 1 is 1.53 bits per heavy atom. The topological polar surface area (TPSA) is 53.2 Å². The summed E-state index contributed by atoms with van der Waals surface area (Å²) >= 11 is 0. The lowest BCUT2D eigenvalue weighted by Gasteiger charge is -2.35. The van der Waals surface area contributed by atoms with E-state index < -0.39 is 6.10 Å². The van der Waals surface area contributed by atoms with Crippen molar-refractivity contribution in [1.29, 1.82) is 5.26 Å². The highest BCUT2D eigenvalue weighted by molar-refractivity contribution is 5.44. The SMILES string of the molecule is CC1(C)C[C@@H](O)c2cc(C#N)ccc2O1. The Kier molecular flexibility index (Phi) is 2.17. The van der Waals surface area contributed by atoms with E-state index in [4.69, 9.17) is 10.00 Å². The van der Waals surface area contributed by atoms with Crippen LogP contribution in [0.1, 0.15) is 37.5 Å². The van der Waals surface area contributed by atoms with Gasteiger partial charge >= 0.3 is 0 Å². The molecule has 0 radical (unpaired) electrons. The quantitative estimate of drug-likeness (QED) is 0.703. The van der Waals surface area contributed by atoms with Crippen molar-refractivity contribution < 1.29 is 9.84 Å². The van der Waals surface area contributed by atoms with E-state index in [2.05, 4.69) is 6.07 Å². The van der Waals surface area contributed by atoms with Crippen LogP contribution in [0.5, 0.6) is 5.75 Å². The first-order valence-electron chi connectivity index (χ1n) is 4.93. The van der Waals surface area contributed by atoms with Gasteiger partial charge in [0.25, 0.3) is 0 Å². The van der Waals surface area contributed by atoms with E-state index in [-0.39, 0.29) is 5.60 Å². The zero-order valence-corrected chi connectivity index (χ0v) is 8.82. The molecule has 1 aliphatic rings. The molecular formula is C12H13NO2. The van der Waals surface area contributed by atoms with Crippen LogP contribution in [-0.2, 0) is 0 Å². The second-order valence-corrected chi connectivity index (χ2v) is 4.45.